The number of aliphatic hydroxyl groups is 1. The number of likely N-dealkylation sites (tertiary alicyclic amines) is 1. The van der Waals surface area contributed by atoms with Crippen molar-refractivity contribution in [3.05, 3.63) is 41.5 Å². The lowest BCUT2D eigenvalue weighted by Gasteiger charge is -2.14. The Kier molecular flexibility index (Phi) is 11.1. The first-order valence-corrected chi connectivity index (χ1v) is 9.41. The van der Waals surface area contributed by atoms with Crippen LogP contribution in [0.4, 0.5) is 0 Å². The molecule has 1 heterocycles. The highest BCUT2D eigenvalue weighted by atomic mass is 35.5. The van der Waals surface area contributed by atoms with Crippen molar-refractivity contribution in [2.75, 3.05) is 20.2 Å². The molecule has 0 saturated carbocycles. The molecule has 1 saturated heterocycles. The van der Waals surface area contributed by atoms with Crippen LogP contribution in [0, 0.1) is 0 Å². The van der Waals surface area contributed by atoms with Crippen LogP contribution in [0.25, 0.3) is 6.08 Å². The van der Waals surface area contributed by atoms with Crippen molar-refractivity contribution in [2.45, 2.75) is 64.2 Å². The Morgan fingerprint density at radius 3 is 2.60 bits per heavy atom. The summed E-state index contributed by atoms with van der Waals surface area (Å²) in [6.45, 7) is 4.02. The van der Waals surface area contributed by atoms with Gasteiger partial charge in [-0.1, -0.05) is 62.6 Å². The average molecular weight is 368 g/mol. The van der Waals surface area contributed by atoms with E-state index in [-0.39, 0.29) is 31.2 Å². The highest BCUT2D eigenvalue weighted by molar-refractivity contribution is 5.85. The van der Waals surface area contributed by atoms with E-state index in [1.807, 2.05) is 7.05 Å². The second-order valence-corrected chi connectivity index (χ2v) is 6.94. The van der Waals surface area contributed by atoms with Gasteiger partial charge in [0.05, 0.1) is 19.3 Å². The molecule has 1 N–H and O–H groups in total. The molecule has 0 aromatic heterocycles. The molecule has 1 aliphatic rings. The number of rotatable bonds is 10. The van der Waals surface area contributed by atoms with E-state index in [0.717, 1.165) is 13.0 Å². The molecule has 0 radical (unpaired) electrons. The Labute approximate surface area is 159 Å². The molecule has 0 amide bonds. The minimum atomic E-state index is 0. The molecule has 0 spiro atoms. The first kappa shape index (κ1) is 22.2. The molecule has 0 bridgehead atoms. The van der Waals surface area contributed by atoms with E-state index in [1.54, 1.807) is 0 Å². The fraction of sp³-hybridized carbons (Fsp3) is 0.619. The minimum absolute atomic E-state index is 0. The Morgan fingerprint density at radius 1 is 1.20 bits per heavy atom. The molecule has 2 rings (SSSR count). The summed E-state index contributed by atoms with van der Waals surface area (Å²) in [6.07, 6.45) is 12.1. The maximum absolute atomic E-state index is 9.30. The highest BCUT2D eigenvalue weighted by Gasteiger charge is 2.29. The van der Waals surface area contributed by atoms with Gasteiger partial charge in [-0.15, -0.1) is 12.4 Å². The summed E-state index contributed by atoms with van der Waals surface area (Å²) < 4.78 is 6.00. The van der Waals surface area contributed by atoms with Crippen LogP contribution in [0.1, 0.15) is 56.6 Å². The van der Waals surface area contributed by atoms with E-state index in [1.165, 1.54) is 43.2 Å². The summed E-state index contributed by atoms with van der Waals surface area (Å²) in [5, 5.41) is 9.30. The van der Waals surface area contributed by atoms with Crippen LogP contribution >= 0.6 is 12.4 Å². The van der Waals surface area contributed by atoms with E-state index < -0.39 is 0 Å². The van der Waals surface area contributed by atoms with Crippen molar-refractivity contribution in [1.82, 2.24) is 4.90 Å². The smallest absolute Gasteiger partial charge is 0.0722 e. The van der Waals surface area contributed by atoms with Gasteiger partial charge in [0, 0.05) is 12.6 Å². The van der Waals surface area contributed by atoms with Gasteiger partial charge < -0.3 is 9.84 Å². The molecule has 1 aliphatic heterocycles. The van der Waals surface area contributed by atoms with Gasteiger partial charge in [-0.25, -0.2) is 0 Å². The standard InChI is InChI=1S/C21H33NO2.ClH/c1-3-4-5-6-7-8-9-18-10-12-19(13-11-18)17-24-21-14-20(16-23)22(2)15-21;/h8-13,20-21,23H,3-7,14-17H2,1-2H3;1H/b9-8+;/t20-,21+;/m1./s1. The van der Waals surface area contributed by atoms with E-state index in [0.29, 0.717) is 6.61 Å². The lowest BCUT2D eigenvalue weighted by Crippen LogP contribution is -2.28. The number of allylic oxidation sites excluding steroid dienone is 1. The van der Waals surface area contributed by atoms with Crippen molar-refractivity contribution in [1.29, 1.82) is 0 Å². The van der Waals surface area contributed by atoms with Crippen LogP contribution < -0.4 is 0 Å². The molecule has 1 aromatic carbocycles. The number of hydrogen-bond donors (Lipinski definition) is 1. The van der Waals surface area contributed by atoms with Gasteiger partial charge in [0.25, 0.3) is 0 Å². The summed E-state index contributed by atoms with van der Waals surface area (Å²) in [6, 6.07) is 8.88. The Balaban J connectivity index is 0.00000312. The fourth-order valence-corrected chi connectivity index (χ4v) is 3.21. The molecule has 0 unspecified atom stereocenters. The number of nitrogens with zero attached hydrogens (tertiary/aromatic N) is 1. The number of hydrogen-bond acceptors (Lipinski definition) is 3. The second-order valence-electron chi connectivity index (χ2n) is 6.94. The zero-order valence-electron chi connectivity index (χ0n) is 15.7. The second kappa shape index (κ2) is 12.5. The fourth-order valence-electron chi connectivity index (χ4n) is 3.21. The number of halogens is 1. The lowest BCUT2D eigenvalue weighted by molar-refractivity contribution is 0.0478. The molecule has 1 aromatic rings. The van der Waals surface area contributed by atoms with E-state index in [4.69, 9.17) is 4.74 Å². The Hall–Kier alpha value is -0.870. The third kappa shape index (κ3) is 7.91. The monoisotopic (exact) mass is 367 g/mol. The van der Waals surface area contributed by atoms with Gasteiger partial charge in [-0.3, -0.25) is 4.90 Å². The van der Waals surface area contributed by atoms with Crippen LogP contribution in [0.5, 0.6) is 0 Å². The molecule has 25 heavy (non-hydrogen) atoms. The van der Waals surface area contributed by atoms with Crippen molar-refractivity contribution >= 4 is 18.5 Å². The van der Waals surface area contributed by atoms with Crippen LogP contribution in [0.15, 0.2) is 30.3 Å². The third-order valence-electron chi connectivity index (χ3n) is 4.86. The first-order chi connectivity index (χ1) is 11.7. The molecular weight excluding hydrogens is 334 g/mol. The topological polar surface area (TPSA) is 32.7 Å². The number of likely N-dealkylation sites (N-methyl/N-ethyl adjacent to an activating group) is 1. The van der Waals surface area contributed by atoms with E-state index in [9.17, 15) is 5.11 Å². The summed E-state index contributed by atoms with van der Waals surface area (Å²) >= 11 is 0. The number of unbranched alkanes of at least 4 members (excludes halogenated alkanes) is 4. The first-order valence-electron chi connectivity index (χ1n) is 9.41. The van der Waals surface area contributed by atoms with Crippen molar-refractivity contribution < 1.29 is 9.84 Å². The summed E-state index contributed by atoms with van der Waals surface area (Å²) in [4.78, 5) is 2.18. The number of aliphatic hydroxyl groups excluding tert-OH is 1. The van der Waals surface area contributed by atoms with Gasteiger partial charge in [0.15, 0.2) is 0 Å². The van der Waals surface area contributed by atoms with Crippen LogP contribution in [0.2, 0.25) is 0 Å². The minimum Gasteiger partial charge on any atom is -0.395 e. The number of benzene rings is 1. The Bertz CT molecular complexity index is 489. The van der Waals surface area contributed by atoms with Crippen LogP contribution in [-0.4, -0.2) is 42.4 Å². The van der Waals surface area contributed by atoms with Gasteiger partial charge in [-0.2, -0.15) is 0 Å². The molecular formula is C21H34ClNO2. The molecule has 142 valence electrons. The predicted molar refractivity (Wildman–Crippen MR) is 108 cm³/mol. The van der Waals surface area contributed by atoms with Gasteiger partial charge in [0.2, 0.25) is 0 Å². The molecule has 4 heteroatoms. The lowest BCUT2D eigenvalue weighted by atomic mass is 10.1. The summed E-state index contributed by atoms with van der Waals surface area (Å²) in [7, 11) is 2.05. The van der Waals surface area contributed by atoms with Crippen LogP contribution in [-0.2, 0) is 11.3 Å². The predicted octanol–water partition coefficient (Wildman–Crippen LogP) is 4.67. The maximum atomic E-state index is 9.30. The molecule has 3 nitrogen and oxygen atoms in total. The van der Waals surface area contributed by atoms with Gasteiger partial charge in [0.1, 0.15) is 0 Å². The Morgan fingerprint density at radius 2 is 1.96 bits per heavy atom. The van der Waals surface area contributed by atoms with Crippen molar-refractivity contribution in [3.63, 3.8) is 0 Å². The molecule has 1 fully saturated rings. The maximum Gasteiger partial charge on any atom is 0.0722 e. The van der Waals surface area contributed by atoms with Gasteiger partial charge >= 0.3 is 0 Å². The zero-order valence-corrected chi connectivity index (χ0v) is 16.5. The SMILES string of the molecule is CCCCCC/C=C/c1ccc(CO[C@H]2C[C@H](CO)N(C)C2)cc1.Cl. The van der Waals surface area contributed by atoms with Crippen LogP contribution in [0.3, 0.4) is 0 Å². The quantitative estimate of drug-likeness (QED) is 0.610. The van der Waals surface area contributed by atoms with E-state index in [2.05, 4.69) is 48.2 Å². The van der Waals surface area contributed by atoms with Gasteiger partial charge in [-0.05, 0) is 37.4 Å². The van der Waals surface area contributed by atoms with Crippen molar-refractivity contribution in [2.24, 2.45) is 0 Å². The molecule has 0 aliphatic carbocycles. The highest BCUT2D eigenvalue weighted by Crippen LogP contribution is 2.19. The number of ether oxygens (including phenoxy) is 1. The largest absolute Gasteiger partial charge is 0.395 e. The third-order valence-corrected chi connectivity index (χ3v) is 4.86. The average Bonchev–Trinajstić information content (AvgIpc) is 2.97. The van der Waals surface area contributed by atoms with E-state index >= 15 is 0 Å². The molecule has 2 atom stereocenters. The zero-order chi connectivity index (χ0) is 17.2. The normalized spacial score (nSPS) is 20.9. The summed E-state index contributed by atoms with van der Waals surface area (Å²) in [5.41, 5.74) is 2.47. The summed E-state index contributed by atoms with van der Waals surface area (Å²) in [5.74, 6) is 0. The van der Waals surface area contributed by atoms with Crippen molar-refractivity contribution in [3.8, 4) is 0 Å².